The number of allylic oxidation sites excluding steroid dienone is 2. The maximum atomic E-state index is 10.7. The molecule has 0 aliphatic heterocycles. The van der Waals surface area contributed by atoms with Crippen molar-refractivity contribution in [1.82, 2.24) is 0 Å². The summed E-state index contributed by atoms with van der Waals surface area (Å²) in [4.78, 5) is 21.3. The Morgan fingerprint density at radius 1 is 1.38 bits per heavy atom. The molecule has 3 atom stereocenters. The first-order valence-electron chi connectivity index (χ1n) is 5.59. The van der Waals surface area contributed by atoms with Crippen LogP contribution in [0.25, 0.3) is 0 Å². The molecule has 0 heterocycles. The van der Waals surface area contributed by atoms with Gasteiger partial charge in [-0.3, -0.25) is 9.59 Å². The highest BCUT2D eigenvalue weighted by molar-refractivity contribution is 5.71. The van der Waals surface area contributed by atoms with Gasteiger partial charge in [0.15, 0.2) is 0 Å². The molecule has 0 aromatic heterocycles. The van der Waals surface area contributed by atoms with Crippen molar-refractivity contribution in [3.63, 3.8) is 0 Å². The van der Waals surface area contributed by atoms with E-state index in [1.807, 2.05) is 13.0 Å². The Labute approximate surface area is 94.0 Å². The zero-order valence-corrected chi connectivity index (χ0v) is 9.27. The number of carbonyl (C=O) groups is 2. The standard InChI is InChI=1S/C12H16O4/c1-12(6-11(15)16)8-3-2-7(4-9(8)12)5-10(13)14/h4,7-8H,2-3,5-6H2,1H3,(H,13,14)(H,15,16). The molecule has 4 nitrogen and oxygen atoms in total. The van der Waals surface area contributed by atoms with E-state index in [1.165, 1.54) is 5.57 Å². The molecule has 2 aliphatic rings. The highest BCUT2D eigenvalue weighted by Gasteiger charge is 2.57. The monoisotopic (exact) mass is 224 g/mol. The molecule has 1 fully saturated rings. The topological polar surface area (TPSA) is 74.6 Å². The summed E-state index contributed by atoms with van der Waals surface area (Å²) in [5.41, 5.74) is 0.978. The summed E-state index contributed by atoms with van der Waals surface area (Å²) in [7, 11) is 0. The largest absolute Gasteiger partial charge is 0.481 e. The van der Waals surface area contributed by atoms with Crippen LogP contribution in [0, 0.1) is 17.3 Å². The number of hydrogen-bond acceptors (Lipinski definition) is 2. The van der Waals surface area contributed by atoms with Crippen molar-refractivity contribution >= 4 is 11.9 Å². The number of carboxylic acids is 2. The van der Waals surface area contributed by atoms with Gasteiger partial charge in [0.1, 0.15) is 0 Å². The quantitative estimate of drug-likeness (QED) is 0.715. The second kappa shape index (κ2) is 3.61. The Morgan fingerprint density at radius 3 is 2.62 bits per heavy atom. The van der Waals surface area contributed by atoms with Gasteiger partial charge >= 0.3 is 11.9 Å². The fraction of sp³-hybridized carbons (Fsp3) is 0.667. The highest BCUT2D eigenvalue weighted by atomic mass is 16.4. The van der Waals surface area contributed by atoms with Gasteiger partial charge in [0.2, 0.25) is 0 Å². The molecule has 0 amide bonds. The van der Waals surface area contributed by atoms with Crippen LogP contribution in [0.5, 0.6) is 0 Å². The van der Waals surface area contributed by atoms with Gasteiger partial charge in [-0.05, 0) is 24.7 Å². The lowest BCUT2D eigenvalue weighted by Gasteiger charge is -2.12. The maximum absolute atomic E-state index is 10.7. The molecule has 2 aliphatic carbocycles. The van der Waals surface area contributed by atoms with Crippen LogP contribution in [0.3, 0.4) is 0 Å². The van der Waals surface area contributed by atoms with Gasteiger partial charge in [0.05, 0.1) is 12.8 Å². The van der Waals surface area contributed by atoms with Crippen LogP contribution < -0.4 is 0 Å². The molecule has 0 bridgehead atoms. The summed E-state index contributed by atoms with van der Waals surface area (Å²) in [6, 6.07) is 0. The second-order valence-electron chi connectivity index (χ2n) is 5.10. The van der Waals surface area contributed by atoms with Crippen molar-refractivity contribution in [3.05, 3.63) is 11.6 Å². The van der Waals surface area contributed by atoms with Crippen molar-refractivity contribution in [3.8, 4) is 0 Å². The number of rotatable bonds is 4. The summed E-state index contributed by atoms with van der Waals surface area (Å²) < 4.78 is 0. The van der Waals surface area contributed by atoms with Crippen LogP contribution in [0.4, 0.5) is 0 Å². The Morgan fingerprint density at radius 2 is 2.06 bits per heavy atom. The van der Waals surface area contributed by atoms with Gasteiger partial charge in [-0.25, -0.2) is 0 Å². The number of fused-ring (bicyclic) bond motifs is 1. The van der Waals surface area contributed by atoms with E-state index in [0.717, 1.165) is 12.8 Å². The van der Waals surface area contributed by atoms with Gasteiger partial charge < -0.3 is 10.2 Å². The smallest absolute Gasteiger partial charge is 0.304 e. The molecular formula is C12H16O4. The summed E-state index contributed by atoms with van der Waals surface area (Å²) in [5, 5.41) is 17.5. The van der Waals surface area contributed by atoms with E-state index < -0.39 is 11.9 Å². The van der Waals surface area contributed by atoms with E-state index in [0.29, 0.717) is 5.92 Å². The van der Waals surface area contributed by atoms with Crippen molar-refractivity contribution in [2.75, 3.05) is 0 Å². The fourth-order valence-electron chi connectivity index (χ4n) is 3.02. The highest BCUT2D eigenvalue weighted by Crippen LogP contribution is 2.65. The molecule has 88 valence electrons. The molecular weight excluding hydrogens is 208 g/mol. The first-order valence-corrected chi connectivity index (χ1v) is 5.59. The molecule has 3 unspecified atom stereocenters. The van der Waals surface area contributed by atoms with Gasteiger partial charge in [0, 0.05) is 5.41 Å². The predicted molar refractivity (Wildman–Crippen MR) is 56.9 cm³/mol. The lowest BCUT2D eigenvalue weighted by molar-refractivity contribution is -0.139. The normalized spacial score (nSPS) is 36.2. The van der Waals surface area contributed by atoms with Crippen LogP contribution in [-0.2, 0) is 9.59 Å². The molecule has 0 radical (unpaired) electrons. The van der Waals surface area contributed by atoms with Crippen molar-refractivity contribution in [2.45, 2.75) is 32.6 Å². The molecule has 0 spiro atoms. The molecule has 2 N–H and O–H groups in total. The van der Waals surface area contributed by atoms with Gasteiger partial charge in [-0.1, -0.05) is 18.6 Å². The Balaban J connectivity index is 2.06. The molecule has 0 saturated heterocycles. The third kappa shape index (κ3) is 1.84. The van der Waals surface area contributed by atoms with Crippen LogP contribution in [0.2, 0.25) is 0 Å². The average molecular weight is 224 g/mol. The number of hydrogen-bond donors (Lipinski definition) is 2. The van der Waals surface area contributed by atoms with Gasteiger partial charge in [-0.2, -0.15) is 0 Å². The van der Waals surface area contributed by atoms with Crippen LogP contribution >= 0.6 is 0 Å². The molecule has 2 rings (SSSR count). The summed E-state index contributed by atoms with van der Waals surface area (Å²) in [6.45, 7) is 1.97. The Kier molecular flexibility index (Phi) is 2.52. The molecule has 4 heteroatoms. The minimum atomic E-state index is -0.777. The average Bonchev–Trinajstić information content (AvgIpc) is 2.68. The van der Waals surface area contributed by atoms with E-state index in [9.17, 15) is 9.59 Å². The first kappa shape index (κ1) is 11.2. The van der Waals surface area contributed by atoms with Crippen LogP contribution in [0.15, 0.2) is 11.6 Å². The molecule has 16 heavy (non-hydrogen) atoms. The summed E-state index contributed by atoms with van der Waals surface area (Å²) in [6.07, 6.45) is 4.15. The summed E-state index contributed by atoms with van der Waals surface area (Å²) >= 11 is 0. The first-order chi connectivity index (χ1) is 7.43. The SMILES string of the molecule is CC1(CC(=O)O)C2=CC(CC(=O)O)CCC21. The van der Waals surface area contributed by atoms with Crippen LogP contribution in [0.1, 0.15) is 32.6 Å². The lowest BCUT2D eigenvalue weighted by Crippen LogP contribution is -2.08. The van der Waals surface area contributed by atoms with Crippen LogP contribution in [-0.4, -0.2) is 22.2 Å². The van der Waals surface area contributed by atoms with E-state index in [2.05, 4.69) is 0 Å². The third-order valence-electron chi connectivity index (χ3n) is 3.92. The second-order valence-corrected chi connectivity index (χ2v) is 5.10. The van der Waals surface area contributed by atoms with Gasteiger partial charge in [0.25, 0.3) is 0 Å². The zero-order chi connectivity index (χ0) is 11.9. The zero-order valence-electron chi connectivity index (χ0n) is 9.27. The lowest BCUT2D eigenvalue weighted by atomic mass is 9.93. The van der Waals surface area contributed by atoms with Gasteiger partial charge in [-0.15, -0.1) is 0 Å². The summed E-state index contributed by atoms with van der Waals surface area (Å²) in [5.74, 6) is -1.07. The van der Waals surface area contributed by atoms with Crippen molar-refractivity contribution < 1.29 is 19.8 Å². The van der Waals surface area contributed by atoms with E-state index in [4.69, 9.17) is 10.2 Å². The van der Waals surface area contributed by atoms with E-state index >= 15 is 0 Å². The fourth-order valence-corrected chi connectivity index (χ4v) is 3.02. The van der Waals surface area contributed by atoms with Crippen molar-refractivity contribution in [1.29, 1.82) is 0 Å². The number of carboxylic acid groups (broad SMARTS) is 2. The molecule has 0 aromatic rings. The third-order valence-corrected chi connectivity index (χ3v) is 3.92. The predicted octanol–water partition coefficient (Wildman–Crippen LogP) is 1.91. The molecule has 0 aromatic carbocycles. The maximum Gasteiger partial charge on any atom is 0.304 e. The Bertz CT molecular complexity index is 371. The minimum absolute atomic E-state index is 0.0966. The Hall–Kier alpha value is -1.32. The van der Waals surface area contributed by atoms with E-state index in [1.54, 1.807) is 0 Å². The van der Waals surface area contributed by atoms with Crippen molar-refractivity contribution in [2.24, 2.45) is 17.3 Å². The minimum Gasteiger partial charge on any atom is -0.481 e. The molecule has 1 saturated carbocycles. The number of aliphatic carboxylic acids is 2. The van der Waals surface area contributed by atoms with E-state index in [-0.39, 0.29) is 24.2 Å².